The second-order valence-corrected chi connectivity index (χ2v) is 13.4. The van der Waals surface area contributed by atoms with Crippen LogP contribution in [0.5, 0.6) is 0 Å². The number of benzene rings is 8. The van der Waals surface area contributed by atoms with E-state index in [2.05, 4.69) is 185 Å². The van der Waals surface area contributed by atoms with Crippen LogP contribution >= 0.6 is 0 Å². The Hall–Kier alpha value is -7.04. The average molecular weight is 663 g/mol. The van der Waals surface area contributed by atoms with Crippen LogP contribution in [0, 0.1) is 0 Å². The van der Waals surface area contributed by atoms with E-state index in [4.69, 9.17) is 9.97 Å². The Morgan fingerprint density at radius 3 is 1.85 bits per heavy atom. The Morgan fingerprint density at radius 1 is 0.346 bits per heavy atom. The van der Waals surface area contributed by atoms with Gasteiger partial charge in [-0.3, -0.25) is 4.57 Å². The smallest absolute Gasteiger partial charge is 0.235 e. The Balaban J connectivity index is 1.19. The molecule has 0 N–H and O–H groups in total. The van der Waals surface area contributed by atoms with Crippen LogP contribution in [0.1, 0.15) is 0 Å². The van der Waals surface area contributed by atoms with Gasteiger partial charge >= 0.3 is 0 Å². The Bertz CT molecular complexity index is 3170. The lowest BCUT2D eigenvalue weighted by molar-refractivity contribution is 1.02. The standard InChI is InChI=1S/C48H30N4/c1-3-14-32(15-4-1)46-40-20-9-11-21-42(40)49-48(50-46)52-44-28-25-33(29-41(44)39-27-23-31-13-7-8-18-36(31)47(39)52)34-24-26-38-37-19-10-12-22-43(37)51(45(38)30-34)35-16-5-2-6-17-35/h1-30H. The molecule has 4 heteroatoms. The topological polar surface area (TPSA) is 35.6 Å². The van der Waals surface area contributed by atoms with Crippen LogP contribution in [0.3, 0.4) is 0 Å². The number of aromatic nitrogens is 4. The van der Waals surface area contributed by atoms with Gasteiger partial charge in [0.25, 0.3) is 0 Å². The molecule has 0 saturated heterocycles. The molecule has 0 spiro atoms. The Labute approximate surface area is 299 Å². The molecule has 0 aliphatic rings. The van der Waals surface area contributed by atoms with E-state index >= 15 is 0 Å². The average Bonchev–Trinajstić information content (AvgIpc) is 3.73. The summed E-state index contributed by atoms with van der Waals surface area (Å²) in [6.07, 6.45) is 0. The van der Waals surface area contributed by atoms with Crippen molar-refractivity contribution in [2.75, 3.05) is 0 Å². The molecule has 0 bridgehead atoms. The fraction of sp³-hybridized carbons (Fsp3) is 0. The summed E-state index contributed by atoms with van der Waals surface area (Å²) in [7, 11) is 0. The number of nitrogens with zero attached hydrogens (tertiary/aromatic N) is 4. The van der Waals surface area contributed by atoms with Crippen LogP contribution in [-0.4, -0.2) is 19.1 Å². The minimum absolute atomic E-state index is 0.662. The third kappa shape index (κ3) is 4.28. The third-order valence-corrected chi connectivity index (χ3v) is 10.5. The summed E-state index contributed by atoms with van der Waals surface area (Å²) in [6.45, 7) is 0. The van der Waals surface area contributed by atoms with Crippen molar-refractivity contribution in [1.82, 2.24) is 19.1 Å². The number of hydrogen-bond acceptors (Lipinski definition) is 2. The van der Waals surface area contributed by atoms with Gasteiger partial charge in [-0.1, -0.05) is 140 Å². The predicted octanol–water partition coefficient (Wildman–Crippen LogP) is 12.3. The van der Waals surface area contributed by atoms with Gasteiger partial charge in [-0.15, -0.1) is 0 Å². The molecule has 3 heterocycles. The predicted molar refractivity (Wildman–Crippen MR) is 217 cm³/mol. The van der Waals surface area contributed by atoms with Crippen LogP contribution in [0.2, 0.25) is 0 Å². The highest BCUT2D eigenvalue weighted by Gasteiger charge is 2.20. The minimum atomic E-state index is 0.662. The summed E-state index contributed by atoms with van der Waals surface area (Å²) in [5.41, 5.74) is 11.0. The van der Waals surface area contributed by atoms with E-state index in [-0.39, 0.29) is 0 Å². The normalized spacial score (nSPS) is 11.8. The maximum Gasteiger partial charge on any atom is 0.235 e. The third-order valence-electron chi connectivity index (χ3n) is 10.5. The molecule has 3 aromatic heterocycles. The first-order chi connectivity index (χ1) is 25.8. The fourth-order valence-corrected chi connectivity index (χ4v) is 8.15. The van der Waals surface area contributed by atoms with Crippen LogP contribution < -0.4 is 0 Å². The molecular weight excluding hydrogens is 633 g/mol. The lowest BCUT2D eigenvalue weighted by atomic mass is 10.0. The molecule has 0 radical (unpaired) electrons. The van der Waals surface area contributed by atoms with Gasteiger partial charge in [0.15, 0.2) is 0 Å². The van der Waals surface area contributed by atoms with Crippen molar-refractivity contribution in [2.24, 2.45) is 0 Å². The highest BCUT2D eigenvalue weighted by Crippen LogP contribution is 2.40. The van der Waals surface area contributed by atoms with Crippen molar-refractivity contribution < 1.29 is 0 Å². The maximum atomic E-state index is 5.34. The number of fused-ring (bicyclic) bond motifs is 9. The quantitative estimate of drug-likeness (QED) is 0.188. The van der Waals surface area contributed by atoms with Gasteiger partial charge in [0, 0.05) is 43.6 Å². The highest BCUT2D eigenvalue weighted by atomic mass is 15.2. The van der Waals surface area contributed by atoms with Gasteiger partial charge in [0.1, 0.15) is 0 Å². The molecule has 11 rings (SSSR count). The van der Waals surface area contributed by atoms with E-state index in [1.54, 1.807) is 0 Å². The molecule has 52 heavy (non-hydrogen) atoms. The number of hydrogen-bond donors (Lipinski definition) is 0. The van der Waals surface area contributed by atoms with Crippen molar-refractivity contribution in [2.45, 2.75) is 0 Å². The second kappa shape index (κ2) is 11.2. The maximum absolute atomic E-state index is 5.34. The van der Waals surface area contributed by atoms with Crippen molar-refractivity contribution in [3.05, 3.63) is 182 Å². The summed E-state index contributed by atoms with van der Waals surface area (Å²) in [4.78, 5) is 10.6. The van der Waals surface area contributed by atoms with E-state index in [0.717, 1.165) is 44.4 Å². The molecule has 0 amide bonds. The summed E-state index contributed by atoms with van der Waals surface area (Å²) in [6, 6.07) is 64.9. The second-order valence-electron chi connectivity index (χ2n) is 13.4. The largest absolute Gasteiger partial charge is 0.309 e. The van der Waals surface area contributed by atoms with Gasteiger partial charge < -0.3 is 4.57 Å². The molecular formula is C48H30N4. The lowest BCUT2D eigenvalue weighted by Gasteiger charge is -2.12. The van der Waals surface area contributed by atoms with Crippen molar-refractivity contribution in [1.29, 1.82) is 0 Å². The Morgan fingerprint density at radius 2 is 0.981 bits per heavy atom. The van der Waals surface area contributed by atoms with Gasteiger partial charge in [0.2, 0.25) is 5.95 Å². The fourth-order valence-electron chi connectivity index (χ4n) is 8.15. The van der Waals surface area contributed by atoms with Crippen molar-refractivity contribution >= 4 is 65.3 Å². The monoisotopic (exact) mass is 662 g/mol. The Kier molecular flexibility index (Phi) is 6.22. The molecule has 242 valence electrons. The van der Waals surface area contributed by atoms with E-state index in [0.29, 0.717) is 5.95 Å². The first kappa shape index (κ1) is 28.8. The molecule has 0 aliphatic carbocycles. The van der Waals surface area contributed by atoms with E-state index < -0.39 is 0 Å². The highest BCUT2D eigenvalue weighted by molar-refractivity contribution is 6.19. The first-order valence-electron chi connectivity index (χ1n) is 17.7. The zero-order valence-corrected chi connectivity index (χ0v) is 28.1. The van der Waals surface area contributed by atoms with Gasteiger partial charge in [0.05, 0.1) is 33.3 Å². The minimum Gasteiger partial charge on any atom is -0.309 e. The van der Waals surface area contributed by atoms with E-state index in [1.165, 1.54) is 48.9 Å². The lowest BCUT2D eigenvalue weighted by Crippen LogP contribution is -2.03. The van der Waals surface area contributed by atoms with E-state index in [1.807, 2.05) is 6.07 Å². The van der Waals surface area contributed by atoms with Crippen LogP contribution in [-0.2, 0) is 0 Å². The molecule has 0 saturated carbocycles. The van der Waals surface area contributed by atoms with Crippen LogP contribution in [0.4, 0.5) is 0 Å². The SMILES string of the molecule is c1ccc(-c2nc(-n3c4ccc(-c5ccc6c7ccccc7n(-c7ccccc7)c6c5)cc4c4ccc5ccccc5c43)nc3ccccc23)cc1. The zero-order valence-electron chi connectivity index (χ0n) is 28.1. The first-order valence-corrected chi connectivity index (χ1v) is 17.7. The molecule has 11 aromatic rings. The summed E-state index contributed by atoms with van der Waals surface area (Å²) < 4.78 is 4.65. The van der Waals surface area contributed by atoms with Crippen molar-refractivity contribution in [3.63, 3.8) is 0 Å². The molecule has 0 unspecified atom stereocenters. The molecule has 0 atom stereocenters. The summed E-state index contributed by atoms with van der Waals surface area (Å²) >= 11 is 0. The summed E-state index contributed by atoms with van der Waals surface area (Å²) in [5.74, 6) is 0.662. The molecule has 8 aromatic carbocycles. The van der Waals surface area contributed by atoms with E-state index in [9.17, 15) is 0 Å². The van der Waals surface area contributed by atoms with Crippen molar-refractivity contribution in [3.8, 4) is 34.0 Å². The summed E-state index contributed by atoms with van der Waals surface area (Å²) in [5, 5.41) is 8.23. The van der Waals surface area contributed by atoms with Gasteiger partial charge in [-0.05, 0) is 59.0 Å². The van der Waals surface area contributed by atoms with Gasteiger partial charge in [-0.2, -0.15) is 0 Å². The number of rotatable bonds is 4. The van der Waals surface area contributed by atoms with Gasteiger partial charge in [-0.25, -0.2) is 9.97 Å². The van der Waals surface area contributed by atoms with Crippen LogP contribution in [0.15, 0.2) is 182 Å². The molecule has 4 nitrogen and oxygen atoms in total. The zero-order chi connectivity index (χ0) is 34.2. The number of para-hydroxylation sites is 3. The molecule has 0 aliphatic heterocycles. The van der Waals surface area contributed by atoms with Crippen LogP contribution in [0.25, 0.3) is 99.3 Å². The molecule has 0 fully saturated rings.